The van der Waals surface area contributed by atoms with Gasteiger partial charge < -0.3 is 0 Å². The Morgan fingerprint density at radius 2 is 2.00 bits per heavy atom. The van der Waals surface area contributed by atoms with Gasteiger partial charge >= 0.3 is 136 Å². The first-order valence-electron chi connectivity index (χ1n) is 7.45. The summed E-state index contributed by atoms with van der Waals surface area (Å²) in [7, 11) is 0. The number of hydrogen-bond acceptors (Lipinski definition) is 4. The van der Waals surface area contributed by atoms with Gasteiger partial charge in [-0.2, -0.15) is 0 Å². The van der Waals surface area contributed by atoms with E-state index in [0.29, 0.717) is 17.9 Å². The Balaban J connectivity index is 2.49. The molecule has 0 aromatic carbocycles. The third-order valence-electron chi connectivity index (χ3n) is 3.48. The van der Waals surface area contributed by atoms with Gasteiger partial charge in [-0.1, -0.05) is 0 Å². The molecular weight excluding hydrogens is 385 g/mol. The van der Waals surface area contributed by atoms with Crippen molar-refractivity contribution >= 4 is 28.1 Å². The van der Waals surface area contributed by atoms with E-state index in [1.165, 1.54) is 3.71 Å². The van der Waals surface area contributed by atoms with Crippen LogP contribution in [0.25, 0.3) is 5.69 Å². The predicted molar refractivity (Wildman–Crippen MR) is 89.8 cm³/mol. The first kappa shape index (κ1) is 17.0. The Labute approximate surface area is 135 Å². The van der Waals surface area contributed by atoms with Gasteiger partial charge in [-0.25, -0.2) is 0 Å². The van der Waals surface area contributed by atoms with E-state index in [4.69, 9.17) is 4.74 Å². The summed E-state index contributed by atoms with van der Waals surface area (Å²) in [6, 6.07) is 2.12. The van der Waals surface area contributed by atoms with Crippen molar-refractivity contribution in [2.45, 2.75) is 35.6 Å². The summed E-state index contributed by atoms with van der Waals surface area (Å²) in [5.41, 5.74) is 3.21. The Morgan fingerprint density at radius 1 is 1.32 bits per heavy atom. The Morgan fingerprint density at radius 3 is 2.59 bits per heavy atom. The summed E-state index contributed by atoms with van der Waals surface area (Å²) in [6.07, 6.45) is 3.64. The van der Waals surface area contributed by atoms with Gasteiger partial charge in [0.25, 0.3) is 0 Å². The molecule has 0 aliphatic heterocycles. The molecule has 0 aliphatic carbocycles. The number of ether oxygens (including phenoxy) is 1. The van der Waals surface area contributed by atoms with Crippen LogP contribution >= 0.6 is 0 Å². The van der Waals surface area contributed by atoms with Crippen LogP contribution in [0.3, 0.4) is 0 Å². The molecule has 0 radical (unpaired) electrons. The van der Waals surface area contributed by atoms with Gasteiger partial charge in [0.2, 0.25) is 0 Å². The maximum atomic E-state index is 11.9. The fraction of sp³-hybridized carbons (Fsp3) is 0.438. The maximum absolute atomic E-state index is 11.9. The summed E-state index contributed by atoms with van der Waals surface area (Å²) in [4.78, 5) is 23.5. The van der Waals surface area contributed by atoms with Crippen molar-refractivity contribution in [1.29, 1.82) is 0 Å². The molecule has 0 spiro atoms. The molecule has 2 heterocycles. The number of nitrogens with zero attached hydrogens (tertiary/aromatic N) is 3. The van der Waals surface area contributed by atoms with Gasteiger partial charge in [0, 0.05) is 0 Å². The number of rotatable bonds is 4. The number of esters is 1. The van der Waals surface area contributed by atoms with Gasteiger partial charge in [0.1, 0.15) is 0 Å². The number of hydrogen-bond donors (Lipinski definition) is 0. The predicted octanol–water partition coefficient (Wildman–Crippen LogP) is 2.61. The number of aryl methyl sites for hydroxylation is 2. The topological polar surface area (TPSA) is 57.0 Å². The third-order valence-corrected chi connectivity index (χ3v) is 8.65. The van der Waals surface area contributed by atoms with Crippen molar-refractivity contribution < 1.29 is 9.53 Å². The number of aromatic nitrogens is 3. The van der Waals surface area contributed by atoms with E-state index in [1.54, 1.807) is 17.8 Å². The van der Waals surface area contributed by atoms with E-state index in [9.17, 15) is 4.79 Å². The van der Waals surface area contributed by atoms with Crippen LogP contribution in [0.15, 0.2) is 18.5 Å². The van der Waals surface area contributed by atoms with Crippen LogP contribution in [-0.2, 0) is 4.74 Å². The summed E-state index contributed by atoms with van der Waals surface area (Å²) in [5, 5.41) is 4.48. The zero-order valence-corrected chi connectivity index (χ0v) is 17.0. The van der Waals surface area contributed by atoms with Gasteiger partial charge in [-0.05, 0) is 0 Å². The third kappa shape index (κ3) is 3.51. The van der Waals surface area contributed by atoms with E-state index in [-0.39, 0.29) is 5.97 Å². The monoisotopic (exact) mass is 409 g/mol. The van der Waals surface area contributed by atoms with Crippen LogP contribution in [0.4, 0.5) is 0 Å². The molecule has 0 N–H and O–H groups in total. The molecule has 0 fully saturated rings. The van der Waals surface area contributed by atoms with Crippen LogP contribution < -0.4 is 3.71 Å². The van der Waals surface area contributed by atoms with E-state index in [0.717, 1.165) is 11.3 Å². The second-order valence-electron chi connectivity index (χ2n) is 6.40. The van der Waals surface area contributed by atoms with Gasteiger partial charge in [0.05, 0.1) is 0 Å². The second-order valence-corrected chi connectivity index (χ2v) is 20.7. The molecule has 0 unspecified atom stereocenters. The minimum absolute atomic E-state index is 0.326. The zero-order chi connectivity index (χ0) is 16.5. The summed E-state index contributed by atoms with van der Waals surface area (Å²) < 4.78 is 8.03. The van der Waals surface area contributed by atoms with Gasteiger partial charge in [-0.3, -0.25) is 0 Å². The van der Waals surface area contributed by atoms with E-state index >= 15 is 0 Å². The van der Waals surface area contributed by atoms with E-state index in [1.807, 2.05) is 20.0 Å². The number of pyridine rings is 1. The van der Waals surface area contributed by atoms with Crippen molar-refractivity contribution in [3.63, 3.8) is 0 Å². The van der Waals surface area contributed by atoms with Crippen molar-refractivity contribution in [2.24, 2.45) is 0 Å². The summed E-state index contributed by atoms with van der Waals surface area (Å²) in [5.74, 6) is -0.326. The molecule has 2 aromatic rings. The SMILES string of the molecule is CCOC(=O)c1cn(-c2c[c]([Sn]([CH3])([CH3])[CH3])ncc2C)nc1C. The molecule has 0 saturated heterocycles. The number of carbonyl (C=O) groups excluding carboxylic acids is 1. The van der Waals surface area contributed by atoms with E-state index in [2.05, 4.69) is 31.0 Å². The van der Waals surface area contributed by atoms with Crippen LogP contribution in [0.5, 0.6) is 0 Å². The normalized spacial score (nSPS) is 11.5. The van der Waals surface area contributed by atoms with Gasteiger partial charge in [-0.15, -0.1) is 0 Å². The minimum atomic E-state index is -2.25. The Kier molecular flexibility index (Phi) is 4.94. The van der Waals surface area contributed by atoms with Crippen molar-refractivity contribution in [3.8, 4) is 5.69 Å². The average Bonchev–Trinajstić information content (AvgIpc) is 2.80. The molecule has 0 amide bonds. The molecule has 22 heavy (non-hydrogen) atoms. The van der Waals surface area contributed by atoms with Crippen molar-refractivity contribution in [3.05, 3.63) is 35.3 Å². The van der Waals surface area contributed by atoms with Crippen LogP contribution in [-0.4, -0.2) is 45.7 Å². The summed E-state index contributed by atoms with van der Waals surface area (Å²) >= 11 is -2.25. The molecule has 0 saturated carbocycles. The molecule has 6 heteroatoms. The number of carbonyl (C=O) groups is 1. The molecule has 5 nitrogen and oxygen atoms in total. The van der Waals surface area contributed by atoms with Crippen LogP contribution in [0.2, 0.25) is 14.8 Å². The fourth-order valence-electron chi connectivity index (χ4n) is 2.16. The zero-order valence-electron chi connectivity index (χ0n) is 14.1. The van der Waals surface area contributed by atoms with Crippen molar-refractivity contribution in [2.75, 3.05) is 6.61 Å². The molecule has 2 aromatic heterocycles. The van der Waals surface area contributed by atoms with Crippen LogP contribution in [0.1, 0.15) is 28.5 Å². The van der Waals surface area contributed by atoms with Crippen LogP contribution in [0, 0.1) is 13.8 Å². The standard InChI is InChI=1S/C13H14N3O2.3CH3.Sn/c1-4-18-13(17)11-8-16(15-10(11)3)12-5-6-14-7-9(12)2;;;;/h5,7-8H,4H2,1-3H3;3*1H3;. The average molecular weight is 408 g/mol. The Bertz CT molecular complexity index is 702. The summed E-state index contributed by atoms with van der Waals surface area (Å²) in [6.45, 7) is 5.99. The van der Waals surface area contributed by atoms with E-state index < -0.39 is 18.4 Å². The van der Waals surface area contributed by atoms with Gasteiger partial charge in [0.15, 0.2) is 0 Å². The first-order chi connectivity index (χ1) is 10.2. The molecule has 0 bridgehead atoms. The quantitative estimate of drug-likeness (QED) is 0.577. The fourth-order valence-corrected chi connectivity index (χ4v) is 5.08. The molecule has 0 aliphatic rings. The molecule has 0 atom stereocenters. The van der Waals surface area contributed by atoms with Crippen molar-refractivity contribution in [1.82, 2.24) is 14.8 Å². The molecular formula is C16H23N3O2Sn. The molecule has 118 valence electrons. The second kappa shape index (κ2) is 6.40. The molecule has 2 rings (SSSR count). The Hall–Kier alpha value is -1.37. The first-order valence-corrected chi connectivity index (χ1v) is 17.4.